The molecule has 1 atom stereocenters. The number of aliphatic hydroxyl groups is 1. The second-order valence-corrected chi connectivity index (χ2v) is 8.00. The fraction of sp³-hybridized carbons (Fsp3) is 0.154. The second-order valence-electron chi connectivity index (χ2n) is 7.57. The second kappa shape index (κ2) is 9.38. The van der Waals surface area contributed by atoms with E-state index in [0.717, 1.165) is 11.1 Å². The number of ether oxygens (including phenoxy) is 2. The summed E-state index contributed by atoms with van der Waals surface area (Å²) in [7, 11) is 2.90. The first-order valence-electron chi connectivity index (χ1n) is 10.2. The van der Waals surface area contributed by atoms with Crippen molar-refractivity contribution < 1.29 is 24.2 Å². The van der Waals surface area contributed by atoms with Crippen LogP contribution in [0.4, 0.5) is 0 Å². The summed E-state index contributed by atoms with van der Waals surface area (Å²) in [5, 5.41) is 11.5. The number of nitrogens with zero attached hydrogens (tertiary/aromatic N) is 1. The van der Waals surface area contributed by atoms with E-state index in [1.54, 1.807) is 72.7 Å². The molecule has 1 heterocycles. The zero-order chi connectivity index (χ0) is 23.5. The van der Waals surface area contributed by atoms with Crippen LogP contribution in [0.2, 0.25) is 5.02 Å². The molecule has 0 aromatic heterocycles. The number of carbonyl (C=O) groups excluding carboxylic acids is 2. The van der Waals surface area contributed by atoms with Crippen LogP contribution in [0.25, 0.3) is 5.57 Å². The van der Waals surface area contributed by atoms with Gasteiger partial charge in [-0.05, 0) is 53.1 Å². The van der Waals surface area contributed by atoms with Crippen molar-refractivity contribution in [3.8, 4) is 5.75 Å². The highest BCUT2D eigenvalue weighted by atomic mass is 35.5. The fourth-order valence-corrected chi connectivity index (χ4v) is 4.06. The molecule has 3 aromatic carbocycles. The zero-order valence-electron chi connectivity index (χ0n) is 18.1. The average Bonchev–Trinajstić information content (AvgIpc) is 3.10. The van der Waals surface area contributed by atoms with E-state index in [1.807, 2.05) is 12.1 Å². The number of halogens is 1. The van der Waals surface area contributed by atoms with Gasteiger partial charge in [0.2, 0.25) is 0 Å². The van der Waals surface area contributed by atoms with E-state index < -0.39 is 17.9 Å². The monoisotopic (exact) mass is 463 g/mol. The molecule has 0 aliphatic carbocycles. The summed E-state index contributed by atoms with van der Waals surface area (Å²) in [6.07, 6.45) is 0. The molecular weight excluding hydrogens is 442 g/mol. The van der Waals surface area contributed by atoms with E-state index in [2.05, 4.69) is 0 Å². The van der Waals surface area contributed by atoms with E-state index in [4.69, 9.17) is 21.1 Å². The summed E-state index contributed by atoms with van der Waals surface area (Å²) < 4.78 is 10.0. The smallest absolute Gasteiger partial charge is 0.337 e. The van der Waals surface area contributed by atoms with Gasteiger partial charge in [0.15, 0.2) is 5.76 Å². The Kier molecular flexibility index (Phi) is 6.38. The maximum absolute atomic E-state index is 13.2. The third-order valence-electron chi connectivity index (χ3n) is 5.62. The molecular formula is C26H22ClNO5. The molecule has 3 aromatic rings. The Balaban J connectivity index is 1.78. The van der Waals surface area contributed by atoms with Crippen molar-refractivity contribution in [2.75, 3.05) is 14.2 Å². The highest BCUT2D eigenvalue weighted by molar-refractivity contribution is 6.30. The lowest BCUT2D eigenvalue weighted by atomic mass is 9.92. The maximum atomic E-state index is 13.2. The van der Waals surface area contributed by atoms with Gasteiger partial charge in [0, 0.05) is 17.1 Å². The van der Waals surface area contributed by atoms with Gasteiger partial charge in [-0.25, -0.2) is 4.79 Å². The minimum atomic E-state index is -0.562. The molecule has 0 radical (unpaired) electrons. The minimum absolute atomic E-state index is 0.267. The first kappa shape index (κ1) is 22.4. The Morgan fingerprint density at radius 1 is 0.970 bits per heavy atom. The Morgan fingerprint density at radius 2 is 1.61 bits per heavy atom. The maximum Gasteiger partial charge on any atom is 0.337 e. The highest BCUT2D eigenvalue weighted by Crippen LogP contribution is 2.44. The summed E-state index contributed by atoms with van der Waals surface area (Å²) in [5.41, 5.74) is 3.20. The first-order chi connectivity index (χ1) is 15.9. The Labute approximate surface area is 196 Å². The molecule has 1 aliphatic heterocycles. The van der Waals surface area contributed by atoms with Crippen LogP contribution in [0.1, 0.15) is 33.1 Å². The van der Waals surface area contributed by atoms with Gasteiger partial charge in [-0.15, -0.1) is 0 Å². The third kappa shape index (κ3) is 4.43. The molecule has 0 saturated carbocycles. The van der Waals surface area contributed by atoms with Crippen LogP contribution in [0.5, 0.6) is 5.75 Å². The number of methoxy groups -OCH3 is 2. The number of hydrogen-bond acceptors (Lipinski definition) is 5. The molecule has 4 rings (SSSR count). The topological polar surface area (TPSA) is 76.1 Å². The van der Waals surface area contributed by atoms with Gasteiger partial charge >= 0.3 is 5.97 Å². The van der Waals surface area contributed by atoms with Crippen molar-refractivity contribution >= 4 is 29.1 Å². The van der Waals surface area contributed by atoms with E-state index in [-0.39, 0.29) is 12.3 Å². The quantitative estimate of drug-likeness (QED) is 0.509. The molecule has 0 fully saturated rings. The summed E-state index contributed by atoms with van der Waals surface area (Å²) in [4.78, 5) is 26.7. The van der Waals surface area contributed by atoms with E-state index in [1.165, 1.54) is 7.11 Å². The van der Waals surface area contributed by atoms with Crippen molar-refractivity contribution in [3.63, 3.8) is 0 Å². The number of carbonyl (C=O) groups is 2. The predicted molar refractivity (Wildman–Crippen MR) is 125 cm³/mol. The molecule has 6 nitrogen and oxygen atoms in total. The van der Waals surface area contributed by atoms with Gasteiger partial charge in [-0.1, -0.05) is 48.0 Å². The van der Waals surface area contributed by atoms with Crippen LogP contribution in [0, 0.1) is 0 Å². The molecule has 7 heteroatoms. The van der Waals surface area contributed by atoms with Crippen LogP contribution < -0.4 is 4.74 Å². The van der Waals surface area contributed by atoms with Crippen molar-refractivity contribution in [1.82, 2.24) is 4.90 Å². The van der Waals surface area contributed by atoms with Gasteiger partial charge in [0.1, 0.15) is 5.75 Å². The lowest BCUT2D eigenvalue weighted by molar-refractivity contribution is -0.130. The lowest BCUT2D eigenvalue weighted by Gasteiger charge is -2.27. The number of aliphatic hydroxyl groups excluding tert-OH is 1. The van der Waals surface area contributed by atoms with E-state index >= 15 is 0 Å². The molecule has 1 aliphatic rings. The van der Waals surface area contributed by atoms with E-state index in [9.17, 15) is 14.7 Å². The van der Waals surface area contributed by atoms with Crippen molar-refractivity contribution in [2.24, 2.45) is 0 Å². The van der Waals surface area contributed by atoms with Gasteiger partial charge in [0.25, 0.3) is 5.91 Å². The molecule has 1 amide bonds. The SMILES string of the molecule is COC(=O)c1ccc(C2C(c3ccc(OC)cc3)=C(O)C(=O)N2Cc2ccc(Cl)cc2)cc1. The van der Waals surface area contributed by atoms with Crippen LogP contribution in [-0.2, 0) is 16.1 Å². The fourth-order valence-electron chi connectivity index (χ4n) is 3.93. The average molecular weight is 464 g/mol. The number of rotatable bonds is 6. The van der Waals surface area contributed by atoms with Crippen molar-refractivity contribution in [3.05, 3.63) is 106 Å². The van der Waals surface area contributed by atoms with Crippen LogP contribution in [0.3, 0.4) is 0 Å². The number of esters is 1. The zero-order valence-corrected chi connectivity index (χ0v) is 18.9. The largest absolute Gasteiger partial charge is 0.503 e. The van der Waals surface area contributed by atoms with Gasteiger partial charge in [-0.2, -0.15) is 0 Å². The minimum Gasteiger partial charge on any atom is -0.503 e. The van der Waals surface area contributed by atoms with Crippen molar-refractivity contribution in [2.45, 2.75) is 12.6 Å². The summed E-state index contributed by atoms with van der Waals surface area (Å²) >= 11 is 6.01. The van der Waals surface area contributed by atoms with Gasteiger partial charge in [0.05, 0.1) is 25.8 Å². The predicted octanol–water partition coefficient (Wildman–Crippen LogP) is 5.19. The van der Waals surface area contributed by atoms with E-state index in [0.29, 0.717) is 27.5 Å². The normalized spacial score (nSPS) is 15.7. The molecule has 1 N–H and O–H groups in total. The number of benzene rings is 3. The summed E-state index contributed by atoms with van der Waals surface area (Å²) in [6.45, 7) is 0.267. The van der Waals surface area contributed by atoms with Crippen LogP contribution in [0.15, 0.2) is 78.6 Å². The van der Waals surface area contributed by atoms with Gasteiger partial charge in [-0.3, -0.25) is 4.79 Å². The standard InChI is InChI=1S/C26H22ClNO5/c1-32-21-13-9-17(10-14-21)22-23(18-5-7-19(8-6-18)26(31)33-2)28(25(30)24(22)29)15-16-3-11-20(27)12-4-16/h3-14,23,29H,15H2,1-2H3. The number of hydrogen-bond donors (Lipinski definition) is 1. The van der Waals surface area contributed by atoms with Crippen LogP contribution in [-0.4, -0.2) is 36.1 Å². The van der Waals surface area contributed by atoms with Gasteiger partial charge < -0.3 is 19.5 Å². The summed E-state index contributed by atoms with van der Waals surface area (Å²) in [6, 6.07) is 20.6. The molecule has 168 valence electrons. The molecule has 1 unspecified atom stereocenters. The third-order valence-corrected chi connectivity index (χ3v) is 5.87. The van der Waals surface area contributed by atoms with Crippen LogP contribution >= 0.6 is 11.6 Å². The summed E-state index contributed by atoms with van der Waals surface area (Å²) in [5.74, 6) is -0.565. The van der Waals surface area contributed by atoms with Crippen molar-refractivity contribution in [1.29, 1.82) is 0 Å². The number of amides is 1. The molecule has 33 heavy (non-hydrogen) atoms. The first-order valence-corrected chi connectivity index (χ1v) is 10.6. The molecule has 0 bridgehead atoms. The Hall–Kier alpha value is -3.77. The molecule has 0 saturated heterocycles. The highest BCUT2D eigenvalue weighted by Gasteiger charge is 2.41. The Morgan fingerprint density at radius 3 is 2.18 bits per heavy atom. The Bertz CT molecular complexity index is 1200. The molecule has 0 spiro atoms. The lowest BCUT2D eigenvalue weighted by Crippen LogP contribution is -2.29.